The van der Waals surface area contributed by atoms with Gasteiger partial charge in [0.25, 0.3) is 6.47 Å². The summed E-state index contributed by atoms with van der Waals surface area (Å²) in [5.41, 5.74) is -4.96. The van der Waals surface area contributed by atoms with E-state index in [0.717, 1.165) is 3.57 Å². The van der Waals surface area contributed by atoms with Gasteiger partial charge in [-0.3, -0.25) is 4.79 Å². The molecular weight excluding hydrogens is 454 g/mol. The summed E-state index contributed by atoms with van der Waals surface area (Å²) in [5.74, 6) is -0.468. The summed E-state index contributed by atoms with van der Waals surface area (Å²) in [7, 11) is -5.64. The molecule has 0 spiro atoms. The average Bonchev–Trinajstić information content (AvgIpc) is 2.79. The van der Waals surface area contributed by atoms with E-state index in [0.29, 0.717) is 24.0 Å². The van der Waals surface area contributed by atoms with E-state index in [4.69, 9.17) is 0 Å². The van der Waals surface area contributed by atoms with Gasteiger partial charge in [-0.15, -0.1) is 0 Å². The number of benzene rings is 1. The maximum absolute atomic E-state index is 12.1. The Morgan fingerprint density at radius 2 is 1.96 bits per heavy atom. The summed E-state index contributed by atoms with van der Waals surface area (Å²) in [6.45, 7) is 2.66. The zero-order valence-corrected chi connectivity index (χ0v) is 14.5. The molecule has 1 N–H and O–H groups in total. The number of fused-ring (bicyclic) bond motifs is 1. The van der Waals surface area contributed by atoms with Gasteiger partial charge in [0.15, 0.2) is 0 Å². The van der Waals surface area contributed by atoms with E-state index in [1.54, 1.807) is 25.1 Å². The first-order valence-electron chi connectivity index (χ1n) is 5.95. The van der Waals surface area contributed by atoms with Crippen molar-refractivity contribution in [3.05, 3.63) is 27.8 Å². The molecule has 1 aromatic heterocycles. The minimum atomic E-state index is -5.64. The second kappa shape index (κ2) is 7.86. The van der Waals surface area contributed by atoms with Crippen LogP contribution in [0.25, 0.3) is 10.9 Å². The van der Waals surface area contributed by atoms with Crippen molar-refractivity contribution in [3.8, 4) is 5.88 Å². The smallest absolute Gasteiger partial charge is 0.468 e. The molecule has 23 heavy (non-hydrogen) atoms. The van der Waals surface area contributed by atoms with Crippen LogP contribution in [-0.4, -0.2) is 32.0 Å². The van der Waals surface area contributed by atoms with E-state index in [9.17, 15) is 26.4 Å². The van der Waals surface area contributed by atoms with Crippen molar-refractivity contribution < 1.29 is 35.3 Å². The van der Waals surface area contributed by atoms with Crippen molar-refractivity contribution in [3.63, 3.8) is 0 Å². The fourth-order valence-corrected chi connectivity index (χ4v) is 2.29. The second-order valence-corrected chi connectivity index (χ2v) is 6.68. The fraction of sp³-hybridized carbons (Fsp3) is 0.250. The van der Waals surface area contributed by atoms with Gasteiger partial charge in [0, 0.05) is 20.5 Å². The van der Waals surface area contributed by atoms with Gasteiger partial charge < -0.3 is 13.9 Å². The quantitative estimate of drug-likeness (QED) is 0.325. The summed E-state index contributed by atoms with van der Waals surface area (Å²) in [5, 5.41) is 0.564. The van der Waals surface area contributed by atoms with Crippen LogP contribution in [0.3, 0.4) is 0 Å². The molecule has 0 radical (unpaired) electrons. The number of carbonyl (C=O) groups excluding carboxylic acids is 1. The Morgan fingerprint density at radius 1 is 1.30 bits per heavy atom. The molecule has 0 unspecified atom stereocenters. The summed E-state index contributed by atoms with van der Waals surface area (Å²) in [4.78, 5) is 11.6. The van der Waals surface area contributed by atoms with Crippen LogP contribution in [0.4, 0.5) is 13.2 Å². The number of H-pyrrole nitrogens is 1. The molecule has 0 bridgehead atoms. The topological polar surface area (TPSA) is 85.5 Å². The Kier molecular flexibility index (Phi) is 6.68. The van der Waals surface area contributed by atoms with Crippen LogP contribution < -0.4 is 4.18 Å². The van der Waals surface area contributed by atoms with Gasteiger partial charge in [-0.1, -0.05) is 0 Å². The number of aromatic amines is 1. The lowest BCUT2D eigenvalue weighted by molar-refractivity contribution is -0.128. The SMILES string of the molecule is CCOC=O.O=S(=O)(Oc1cc2cc(I)ccc2[nH]1)C(F)(F)F. The lowest BCUT2D eigenvalue weighted by atomic mass is 10.3. The van der Waals surface area contributed by atoms with E-state index < -0.39 is 21.5 Å². The number of alkyl halides is 3. The second-order valence-electron chi connectivity index (χ2n) is 3.90. The van der Waals surface area contributed by atoms with Crippen molar-refractivity contribution in [1.29, 1.82) is 0 Å². The minimum Gasteiger partial charge on any atom is -0.468 e. The minimum absolute atomic E-state index is 0.431. The first kappa shape index (κ1) is 19.5. The number of ether oxygens (including phenoxy) is 1. The molecule has 0 aliphatic rings. The molecular formula is C12H11F3INO5S. The Labute approximate surface area is 143 Å². The first-order valence-corrected chi connectivity index (χ1v) is 8.43. The number of carbonyl (C=O) groups is 1. The van der Waals surface area contributed by atoms with Gasteiger partial charge in [0.2, 0.25) is 5.88 Å². The summed E-state index contributed by atoms with van der Waals surface area (Å²) < 4.78 is 66.9. The Hall–Kier alpha value is -1.50. The third-order valence-corrected chi connectivity index (χ3v) is 3.91. The normalized spacial score (nSPS) is 11.5. The predicted molar refractivity (Wildman–Crippen MR) is 84.3 cm³/mol. The molecule has 1 heterocycles. The van der Waals surface area contributed by atoms with E-state index in [1.165, 1.54) is 6.07 Å². The lowest BCUT2D eigenvalue weighted by Crippen LogP contribution is -2.28. The third kappa shape index (κ3) is 5.57. The van der Waals surface area contributed by atoms with Crippen molar-refractivity contribution in [2.24, 2.45) is 0 Å². The van der Waals surface area contributed by atoms with E-state index in [2.05, 4.69) is 13.9 Å². The van der Waals surface area contributed by atoms with Crippen molar-refractivity contribution in [2.45, 2.75) is 12.4 Å². The molecule has 2 aromatic rings. The Morgan fingerprint density at radius 3 is 2.43 bits per heavy atom. The highest BCUT2D eigenvalue weighted by Gasteiger charge is 2.48. The number of nitrogens with one attached hydrogen (secondary N) is 1. The lowest BCUT2D eigenvalue weighted by Gasteiger charge is -2.06. The summed E-state index contributed by atoms with van der Waals surface area (Å²) in [6.07, 6.45) is 0. The van der Waals surface area contributed by atoms with Crippen LogP contribution in [0.15, 0.2) is 24.3 Å². The van der Waals surface area contributed by atoms with Gasteiger partial charge in [-0.25, -0.2) is 0 Å². The van der Waals surface area contributed by atoms with Gasteiger partial charge >= 0.3 is 15.6 Å². The van der Waals surface area contributed by atoms with Crippen LogP contribution >= 0.6 is 22.6 Å². The molecule has 1 aromatic carbocycles. The molecule has 0 aliphatic heterocycles. The standard InChI is InChI=1S/C9H5F3INO3S.C3H6O2/c10-9(11,12)18(15,16)17-8-4-5-3-6(13)1-2-7(5)14-8;1-2-5-3-4/h1-4,14H;3H,2H2,1H3. The van der Waals surface area contributed by atoms with E-state index >= 15 is 0 Å². The maximum Gasteiger partial charge on any atom is 0.534 e. The van der Waals surface area contributed by atoms with E-state index in [-0.39, 0.29) is 0 Å². The molecule has 0 aliphatic carbocycles. The van der Waals surface area contributed by atoms with Gasteiger partial charge in [-0.05, 0) is 47.7 Å². The van der Waals surface area contributed by atoms with Crippen LogP contribution in [0.5, 0.6) is 5.88 Å². The highest BCUT2D eigenvalue weighted by Crippen LogP contribution is 2.29. The molecule has 11 heteroatoms. The largest absolute Gasteiger partial charge is 0.534 e. The molecule has 0 amide bonds. The van der Waals surface area contributed by atoms with Crippen LogP contribution in [0.2, 0.25) is 0 Å². The molecule has 128 valence electrons. The molecule has 0 saturated carbocycles. The molecule has 0 saturated heterocycles. The predicted octanol–water partition coefficient (Wildman–Crippen LogP) is 3.18. The number of hydrogen-bond acceptors (Lipinski definition) is 5. The molecule has 0 fully saturated rings. The number of aromatic nitrogens is 1. The monoisotopic (exact) mass is 465 g/mol. The zero-order valence-electron chi connectivity index (χ0n) is 11.6. The van der Waals surface area contributed by atoms with Crippen LogP contribution in [0.1, 0.15) is 6.92 Å². The number of rotatable bonds is 4. The van der Waals surface area contributed by atoms with Crippen molar-refractivity contribution >= 4 is 50.1 Å². The number of hydrogen-bond donors (Lipinski definition) is 1. The van der Waals surface area contributed by atoms with E-state index in [1.807, 2.05) is 22.6 Å². The molecule has 2 rings (SSSR count). The highest BCUT2D eigenvalue weighted by atomic mass is 127. The first-order chi connectivity index (χ1) is 10.6. The van der Waals surface area contributed by atoms with Gasteiger partial charge in [-0.2, -0.15) is 21.6 Å². The Bertz CT molecular complexity index is 773. The third-order valence-electron chi connectivity index (χ3n) is 2.28. The molecule has 0 atom stereocenters. The Balaban J connectivity index is 0.000000463. The van der Waals surface area contributed by atoms with Gasteiger partial charge in [0.05, 0.1) is 6.61 Å². The van der Waals surface area contributed by atoms with Crippen LogP contribution in [0, 0.1) is 3.57 Å². The van der Waals surface area contributed by atoms with Crippen molar-refractivity contribution in [2.75, 3.05) is 6.61 Å². The molecule has 6 nitrogen and oxygen atoms in total. The van der Waals surface area contributed by atoms with Crippen molar-refractivity contribution in [1.82, 2.24) is 4.98 Å². The average molecular weight is 465 g/mol. The summed E-state index contributed by atoms with van der Waals surface area (Å²) >= 11 is 2.03. The number of halogens is 4. The zero-order chi connectivity index (χ0) is 17.7. The summed E-state index contributed by atoms with van der Waals surface area (Å²) in [6, 6.07) is 6.21. The maximum atomic E-state index is 12.1. The fourth-order valence-electron chi connectivity index (χ4n) is 1.36. The van der Waals surface area contributed by atoms with Gasteiger partial charge in [0.1, 0.15) is 0 Å². The highest BCUT2D eigenvalue weighted by molar-refractivity contribution is 14.1. The van der Waals surface area contributed by atoms with Crippen LogP contribution in [-0.2, 0) is 19.6 Å².